The Balaban J connectivity index is 1.88. The first-order valence-electron chi connectivity index (χ1n) is 7.10. The number of nitrogens with two attached hydrogens (primary N) is 1. The minimum absolute atomic E-state index is 0.175. The maximum Gasteiger partial charge on any atom is 0.219 e. The number of nitrogens with one attached hydrogen (secondary N) is 1. The van der Waals surface area contributed by atoms with Gasteiger partial charge in [0, 0.05) is 26.1 Å². The molecule has 18 heavy (non-hydrogen) atoms. The average Bonchev–Trinajstić information content (AvgIpc) is 2.41. The molecule has 5 nitrogen and oxygen atoms in total. The lowest BCUT2D eigenvalue weighted by Crippen LogP contribution is -2.38. The Kier molecular flexibility index (Phi) is 8.81. The summed E-state index contributed by atoms with van der Waals surface area (Å²) in [6, 6.07) is 0. The van der Waals surface area contributed by atoms with Crippen LogP contribution in [0.1, 0.15) is 32.1 Å². The number of amides is 1. The van der Waals surface area contributed by atoms with Crippen LogP contribution in [0.4, 0.5) is 0 Å². The number of morpholine rings is 1. The van der Waals surface area contributed by atoms with Crippen LogP contribution in [0.2, 0.25) is 0 Å². The first-order chi connectivity index (χ1) is 8.83. The first-order valence-corrected chi connectivity index (χ1v) is 7.10. The lowest BCUT2D eigenvalue weighted by atomic mass is 10.2. The third-order valence-electron chi connectivity index (χ3n) is 3.18. The lowest BCUT2D eigenvalue weighted by molar-refractivity contribution is -0.121. The van der Waals surface area contributed by atoms with E-state index >= 15 is 0 Å². The highest BCUT2D eigenvalue weighted by Crippen LogP contribution is 1.99. The summed E-state index contributed by atoms with van der Waals surface area (Å²) in [6.07, 6.45) is 4.68. The molecule has 1 amide bonds. The van der Waals surface area contributed by atoms with Crippen LogP contribution < -0.4 is 11.1 Å². The Morgan fingerprint density at radius 2 is 1.94 bits per heavy atom. The van der Waals surface area contributed by atoms with Crippen LogP contribution >= 0.6 is 0 Å². The molecule has 0 bridgehead atoms. The van der Waals surface area contributed by atoms with Crippen molar-refractivity contribution < 1.29 is 9.53 Å². The van der Waals surface area contributed by atoms with E-state index in [1.54, 1.807) is 0 Å². The Morgan fingerprint density at radius 1 is 1.17 bits per heavy atom. The zero-order valence-electron chi connectivity index (χ0n) is 11.3. The number of hydrogen-bond acceptors (Lipinski definition) is 4. The minimum Gasteiger partial charge on any atom is -0.379 e. The molecule has 0 aromatic heterocycles. The van der Waals surface area contributed by atoms with Crippen LogP contribution in [-0.4, -0.2) is 56.7 Å². The summed E-state index contributed by atoms with van der Waals surface area (Å²) in [7, 11) is 0. The van der Waals surface area contributed by atoms with Gasteiger partial charge in [-0.2, -0.15) is 0 Å². The van der Waals surface area contributed by atoms with E-state index in [0.29, 0.717) is 6.42 Å². The number of hydrogen-bond donors (Lipinski definition) is 2. The monoisotopic (exact) mass is 257 g/mol. The molecule has 106 valence electrons. The fraction of sp³-hybridized carbons (Fsp3) is 0.923. The summed E-state index contributed by atoms with van der Waals surface area (Å²) in [6.45, 7) is 6.28. The molecule has 0 saturated carbocycles. The molecule has 0 aliphatic carbocycles. The van der Waals surface area contributed by atoms with Crippen molar-refractivity contribution in [2.75, 3.05) is 45.9 Å². The Morgan fingerprint density at radius 3 is 2.67 bits per heavy atom. The normalized spacial score (nSPS) is 16.7. The lowest BCUT2D eigenvalue weighted by Gasteiger charge is -2.26. The van der Waals surface area contributed by atoms with Crippen molar-refractivity contribution in [2.45, 2.75) is 32.1 Å². The molecule has 1 aliphatic heterocycles. The van der Waals surface area contributed by atoms with Gasteiger partial charge in [-0.1, -0.05) is 6.42 Å². The van der Waals surface area contributed by atoms with Gasteiger partial charge >= 0.3 is 0 Å². The number of carbonyl (C=O) groups excluding carboxylic acids is 1. The van der Waals surface area contributed by atoms with Crippen LogP contribution in [0, 0.1) is 0 Å². The second-order valence-corrected chi connectivity index (χ2v) is 4.76. The van der Waals surface area contributed by atoms with Gasteiger partial charge in [-0.25, -0.2) is 0 Å². The number of nitrogens with zero attached hydrogens (tertiary/aromatic N) is 1. The summed E-state index contributed by atoms with van der Waals surface area (Å²) in [5, 5.41) is 2.97. The number of rotatable bonds is 9. The Bertz CT molecular complexity index is 218. The maximum atomic E-state index is 11.5. The second kappa shape index (κ2) is 10.3. The number of unbranched alkanes of at least 4 members (excludes halogenated alkanes) is 2. The predicted molar refractivity (Wildman–Crippen MR) is 72.4 cm³/mol. The van der Waals surface area contributed by atoms with Gasteiger partial charge in [-0.15, -0.1) is 0 Å². The molecule has 1 saturated heterocycles. The molecule has 5 heteroatoms. The molecule has 0 unspecified atom stereocenters. The summed E-state index contributed by atoms with van der Waals surface area (Å²) >= 11 is 0. The van der Waals surface area contributed by atoms with Crippen molar-refractivity contribution >= 4 is 5.91 Å². The third kappa shape index (κ3) is 7.63. The van der Waals surface area contributed by atoms with Crippen molar-refractivity contribution in [3.63, 3.8) is 0 Å². The fourth-order valence-corrected chi connectivity index (χ4v) is 2.05. The van der Waals surface area contributed by atoms with Crippen molar-refractivity contribution in [1.29, 1.82) is 0 Å². The second-order valence-electron chi connectivity index (χ2n) is 4.76. The zero-order valence-corrected chi connectivity index (χ0v) is 11.3. The van der Waals surface area contributed by atoms with Gasteiger partial charge in [0.05, 0.1) is 13.2 Å². The molecule has 1 fully saturated rings. The summed E-state index contributed by atoms with van der Waals surface area (Å²) in [4.78, 5) is 13.9. The van der Waals surface area contributed by atoms with E-state index < -0.39 is 0 Å². The molecule has 3 N–H and O–H groups in total. The largest absolute Gasteiger partial charge is 0.379 e. The smallest absolute Gasteiger partial charge is 0.219 e. The SMILES string of the molecule is NCCCCCC(=O)NCCCN1CCOCC1. The molecule has 0 aromatic rings. The van der Waals surface area contributed by atoms with E-state index in [2.05, 4.69) is 10.2 Å². The number of ether oxygens (including phenoxy) is 1. The topological polar surface area (TPSA) is 67.6 Å². The molecular weight excluding hydrogens is 230 g/mol. The molecule has 0 aromatic carbocycles. The van der Waals surface area contributed by atoms with Gasteiger partial charge in [-0.05, 0) is 32.4 Å². The summed E-state index contributed by atoms with van der Waals surface area (Å²) in [5.41, 5.74) is 5.40. The quantitative estimate of drug-likeness (QED) is 0.585. The molecule has 0 spiro atoms. The van der Waals surface area contributed by atoms with Crippen molar-refractivity contribution in [3.8, 4) is 0 Å². The zero-order chi connectivity index (χ0) is 13.1. The van der Waals surface area contributed by atoms with Crippen molar-refractivity contribution in [2.24, 2.45) is 5.73 Å². The van der Waals surface area contributed by atoms with Gasteiger partial charge in [0.2, 0.25) is 5.91 Å². The van der Waals surface area contributed by atoms with E-state index in [-0.39, 0.29) is 5.91 Å². The van der Waals surface area contributed by atoms with Crippen LogP contribution in [-0.2, 0) is 9.53 Å². The van der Waals surface area contributed by atoms with Gasteiger partial charge in [0.1, 0.15) is 0 Å². The molecule has 0 atom stereocenters. The highest BCUT2D eigenvalue weighted by molar-refractivity contribution is 5.75. The molecular formula is C13H27N3O2. The van der Waals surface area contributed by atoms with Gasteiger partial charge in [-0.3, -0.25) is 9.69 Å². The summed E-state index contributed by atoms with van der Waals surface area (Å²) < 4.78 is 5.29. The molecule has 1 aliphatic rings. The first kappa shape index (κ1) is 15.4. The highest BCUT2D eigenvalue weighted by Gasteiger charge is 2.09. The predicted octanol–water partition coefficient (Wildman–Crippen LogP) is 0.344. The minimum atomic E-state index is 0.175. The average molecular weight is 257 g/mol. The van der Waals surface area contributed by atoms with E-state index in [0.717, 1.165) is 71.6 Å². The van der Waals surface area contributed by atoms with E-state index in [4.69, 9.17) is 10.5 Å². The van der Waals surface area contributed by atoms with Crippen LogP contribution in [0.3, 0.4) is 0 Å². The maximum absolute atomic E-state index is 11.5. The Hall–Kier alpha value is -0.650. The van der Waals surface area contributed by atoms with Crippen LogP contribution in [0.25, 0.3) is 0 Å². The standard InChI is InChI=1S/C13H27N3O2/c14-6-3-1-2-5-13(17)15-7-4-8-16-9-11-18-12-10-16/h1-12,14H2,(H,15,17). The molecule has 1 rings (SSSR count). The summed E-state index contributed by atoms with van der Waals surface area (Å²) in [5.74, 6) is 0.175. The molecule has 1 heterocycles. The van der Waals surface area contributed by atoms with E-state index in [1.807, 2.05) is 0 Å². The highest BCUT2D eigenvalue weighted by atomic mass is 16.5. The van der Waals surface area contributed by atoms with Crippen LogP contribution in [0.5, 0.6) is 0 Å². The fourth-order valence-electron chi connectivity index (χ4n) is 2.05. The third-order valence-corrected chi connectivity index (χ3v) is 3.18. The van der Waals surface area contributed by atoms with Crippen molar-refractivity contribution in [3.05, 3.63) is 0 Å². The number of carbonyl (C=O) groups is 1. The van der Waals surface area contributed by atoms with Gasteiger partial charge < -0.3 is 15.8 Å². The van der Waals surface area contributed by atoms with Gasteiger partial charge in [0.25, 0.3) is 0 Å². The van der Waals surface area contributed by atoms with Crippen LogP contribution in [0.15, 0.2) is 0 Å². The van der Waals surface area contributed by atoms with Gasteiger partial charge in [0.15, 0.2) is 0 Å². The van der Waals surface area contributed by atoms with Crippen molar-refractivity contribution in [1.82, 2.24) is 10.2 Å². The van der Waals surface area contributed by atoms with E-state index in [9.17, 15) is 4.79 Å². The molecule has 0 radical (unpaired) electrons. The Labute approximate surface area is 110 Å². The van der Waals surface area contributed by atoms with E-state index in [1.165, 1.54) is 0 Å².